The fourth-order valence-corrected chi connectivity index (χ4v) is 2.85. The van der Waals surface area contributed by atoms with Gasteiger partial charge in [-0.05, 0) is 19.3 Å². The van der Waals surface area contributed by atoms with Crippen molar-refractivity contribution >= 4 is 0 Å². The highest BCUT2D eigenvalue weighted by molar-refractivity contribution is 5.08. The zero-order chi connectivity index (χ0) is 9.65. The molecule has 76 valence electrons. The highest BCUT2D eigenvalue weighted by Crippen LogP contribution is 2.56. The van der Waals surface area contributed by atoms with Crippen LogP contribution in [0.5, 0.6) is 0 Å². The largest absolute Gasteiger partial charge is 0.372 e. The number of ether oxygens (including phenoxy) is 1. The summed E-state index contributed by atoms with van der Waals surface area (Å²) in [5, 5.41) is 4.15. The monoisotopic (exact) mass is 193 g/mol. The van der Waals surface area contributed by atoms with Crippen LogP contribution in [0.4, 0.5) is 0 Å². The quantitative estimate of drug-likeness (QED) is 0.709. The van der Waals surface area contributed by atoms with Crippen molar-refractivity contribution in [3.05, 3.63) is 12.7 Å². The van der Waals surface area contributed by atoms with E-state index in [1.807, 2.05) is 4.68 Å². The molecule has 0 bridgehead atoms. The van der Waals surface area contributed by atoms with E-state index in [9.17, 15) is 0 Å². The lowest BCUT2D eigenvalue weighted by atomic mass is 9.71. The van der Waals surface area contributed by atoms with Crippen LogP contribution in [0.15, 0.2) is 12.7 Å². The Morgan fingerprint density at radius 3 is 3.00 bits per heavy atom. The van der Waals surface area contributed by atoms with Crippen molar-refractivity contribution in [1.82, 2.24) is 14.8 Å². The molecule has 14 heavy (non-hydrogen) atoms. The van der Waals surface area contributed by atoms with Crippen LogP contribution in [0, 0.1) is 5.41 Å². The van der Waals surface area contributed by atoms with Gasteiger partial charge < -0.3 is 4.74 Å². The third kappa shape index (κ3) is 0.919. The Labute approximate surface area is 83.3 Å². The van der Waals surface area contributed by atoms with Crippen molar-refractivity contribution in [3.8, 4) is 0 Å². The smallest absolute Gasteiger partial charge is 0.137 e. The van der Waals surface area contributed by atoms with Crippen molar-refractivity contribution in [3.63, 3.8) is 0 Å². The maximum absolute atomic E-state index is 5.83. The van der Waals surface area contributed by atoms with E-state index >= 15 is 0 Å². The first-order valence-electron chi connectivity index (χ1n) is 5.21. The van der Waals surface area contributed by atoms with Crippen LogP contribution in [-0.4, -0.2) is 27.0 Å². The molecule has 0 N–H and O–H groups in total. The number of aromatic nitrogens is 3. The highest BCUT2D eigenvalue weighted by Gasteiger charge is 2.60. The summed E-state index contributed by atoms with van der Waals surface area (Å²) in [6.45, 7) is 4.12. The molecule has 4 heteroatoms. The van der Waals surface area contributed by atoms with Gasteiger partial charge in [0, 0.05) is 5.41 Å². The molecule has 1 saturated carbocycles. The van der Waals surface area contributed by atoms with Crippen molar-refractivity contribution in [2.75, 3.05) is 6.61 Å². The third-order valence-corrected chi connectivity index (χ3v) is 3.96. The molecule has 1 aliphatic carbocycles. The molecule has 0 spiro atoms. The maximum Gasteiger partial charge on any atom is 0.137 e. The fraction of sp³-hybridized carbons (Fsp3) is 0.800. The average molecular weight is 193 g/mol. The van der Waals surface area contributed by atoms with Crippen molar-refractivity contribution < 1.29 is 4.74 Å². The predicted molar refractivity (Wildman–Crippen MR) is 50.7 cm³/mol. The lowest BCUT2D eigenvalue weighted by Crippen LogP contribution is -2.60. The summed E-state index contributed by atoms with van der Waals surface area (Å²) in [7, 11) is 0. The molecule has 1 aromatic rings. The summed E-state index contributed by atoms with van der Waals surface area (Å²) in [5.74, 6) is 0. The van der Waals surface area contributed by atoms with Crippen LogP contribution in [-0.2, 0) is 11.3 Å². The first kappa shape index (κ1) is 8.41. The minimum absolute atomic E-state index is 0.0563. The number of nitrogens with zero attached hydrogens (tertiary/aromatic N) is 3. The Morgan fingerprint density at radius 2 is 2.43 bits per heavy atom. The Balaban J connectivity index is 1.84. The number of hydrogen-bond acceptors (Lipinski definition) is 3. The van der Waals surface area contributed by atoms with E-state index in [4.69, 9.17) is 4.74 Å². The minimum atomic E-state index is 0.0563. The van der Waals surface area contributed by atoms with Crippen molar-refractivity contribution in [2.24, 2.45) is 5.41 Å². The normalized spacial score (nSPS) is 40.6. The summed E-state index contributed by atoms with van der Waals surface area (Å²) in [4.78, 5) is 3.96. The summed E-state index contributed by atoms with van der Waals surface area (Å²) >= 11 is 0. The molecule has 0 radical (unpaired) electrons. The molecule has 4 nitrogen and oxygen atoms in total. The van der Waals surface area contributed by atoms with E-state index in [1.165, 1.54) is 19.3 Å². The van der Waals surface area contributed by atoms with Crippen LogP contribution in [0.1, 0.15) is 26.2 Å². The molecule has 0 aromatic carbocycles. The molecule has 1 aromatic heterocycles. The SMILES string of the molecule is CC12CCCC1(Cn1cncn1)OC2. The first-order chi connectivity index (χ1) is 6.74. The van der Waals surface area contributed by atoms with Gasteiger partial charge in [0.2, 0.25) is 0 Å². The van der Waals surface area contributed by atoms with Gasteiger partial charge in [0.1, 0.15) is 12.7 Å². The van der Waals surface area contributed by atoms with E-state index in [1.54, 1.807) is 12.7 Å². The summed E-state index contributed by atoms with van der Waals surface area (Å²) in [5.41, 5.74) is 0.444. The van der Waals surface area contributed by atoms with Gasteiger partial charge in [-0.2, -0.15) is 5.10 Å². The molecule has 2 fully saturated rings. The zero-order valence-electron chi connectivity index (χ0n) is 8.44. The second-order valence-electron chi connectivity index (χ2n) is 4.79. The van der Waals surface area contributed by atoms with E-state index < -0.39 is 0 Å². The molecule has 1 saturated heterocycles. The number of rotatable bonds is 2. The van der Waals surface area contributed by atoms with E-state index in [0.29, 0.717) is 5.41 Å². The Hall–Kier alpha value is -0.900. The molecule has 3 rings (SSSR count). The zero-order valence-corrected chi connectivity index (χ0v) is 8.44. The highest BCUT2D eigenvalue weighted by atomic mass is 16.5. The molecule has 2 heterocycles. The Bertz CT molecular complexity index is 337. The summed E-state index contributed by atoms with van der Waals surface area (Å²) < 4.78 is 7.72. The van der Waals surface area contributed by atoms with Gasteiger partial charge in [-0.1, -0.05) is 6.92 Å². The Morgan fingerprint density at radius 1 is 1.50 bits per heavy atom. The van der Waals surface area contributed by atoms with Gasteiger partial charge in [-0.15, -0.1) is 0 Å². The third-order valence-electron chi connectivity index (χ3n) is 3.96. The summed E-state index contributed by atoms with van der Waals surface area (Å²) in [6.07, 6.45) is 7.10. The predicted octanol–water partition coefficient (Wildman–Crippen LogP) is 1.24. The maximum atomic E-state index is 5.83. The van der Waals surface area contributed by atoms with Gasteiger partial charge in [0.25, 0.3) is 0 Å². The van der Waals surface area contributed by atoms with Gasteiger partial charge in [-0.25, -0.2) is 4.98 Å². The lowest BCUT2D eigenvalue weighted by Gasteiger charge is -2.53. The van der Waals surface area contributed by atoms with Gasteiger partial charge in [-0.3, -0.25) is 4.68 Å². The standard InChI is InChI=1S/C10H15N3O/c1-9-3-2-4-10(9,14-6-9)5-13-8-11-7-12-13/h7-8H,2-6H2,1H3. The summed E-state index contributed by atoms with van der Waals surface area (Å²) in [6, 6.07) is 0. The first-order valence-corrected chi connectivity index (χ1v) is 5.21. The van der Waals surface area contributed by atoms with Crippen LogP contribution < -0.4 is 0 Å². The lowest BCUT2D eigenvalue weighted by molar-refractivity contribution is -0.249. The topological polar surface area (TPSA) is 39.9 Å². The van der Waals surface area contributed by atoms with Crippen molar-refractivity contribution in [2.45, 2.75) is 38.3 Å². The van der Waals surface area contributed by atoms with Crippen molar-refractivity contribution in [1.29, 1.82) is 0 Å². The number of fused-ring (bicyclic) bond motifs is 1. The van der Waals surface area contributed by atoms with E-state index in [2.05, 4.69) is 17.0 Å². The van der Waals surface area contributed by atoms with Crippen LogP contribution >= 0.6 is 0 Å². The minimum Gasteiger partial charge on any atom is -0.372 e. The average Bonchev–Trinajstić information content (AvgIpc) is 2.72. The molecular formula is C10H15N3O. The molecule has 0 amide bonds. The second kappa shape index (κ2) is 2.57. The number of hydrogen-bond donors (Lipinski definition) is 0. The van der Waals surface area contributed by atoms with Gasteiger partial charge >= 0.3 is 0 Å². The van der Waals surface area contributed by atoms with Crippen LogP contribution in [0.2, 0.25) is 0 Å². The molecule has 2 unspecified atom stereocenters. The van der Waals surface area contributed by atoms with Crippen LogP contribution in [0.3, 0.4) is 0 Å². The molecule has 2 atom stereocenters. The fourth-order valence-electron chi connectivity index (χ4n) is 2.85. The Kier molecular flexibility index (Phi) is 1.54. The molecule has 1 aliphatic heterocycles. The van der Waals surface area contributed by atoms with E-state index in [-0.39, 0.29) is 5.60 Å². The van der Waals surface area contributed by atoms with Crippen LogP contribution in [0.25, 0.3) is 0 Å². The molecule has 2 aliphatic rings. The second-order valence-corrected chi connectivity index (χ2v) is 4.79. The van der Waals surface area contributed by atoms with Gasteiger partial charge in [0.05, 0.1) is 18.8 Å². The van der Waals surface area contributed by atoms with E-state index in [0.717, 1.165) is 13.2 Å². The molecular weight excluding hydrogens is 178 g/mol. The van der Waals surface area contributed by atoms with Gasteiger partial charge in [0.15, 0.2) is 0 Å².